The Labute approximate surface area is 79.1 Å². The lowest BCUT2D eigenvalue weighted by Gasteiger charge is -2.36. The van der Waals surface area contributed by atoms with Crippen molar-refractivity contribution in [2.75, 3.05) is 38.2 Å². The van der Waals surface area contributed by atoms with Gasteiger partial charge in [0.15, 0.2) is 0 Å². The van der Waals surface area contributed by atoms with E-state index in [4.69, 9.17) is 0 Å². The summed E-state index contributed by atoms with van der Waals surface area (Å²) in [4.78, 5) is 2.53. The molecule has 0 aromatic heterocycles. The quantitative estimate of drug-likeness (QED) is 0.647. The number of thioether (sulfide) groups is 1. The van der Waals surface area contributed by atoms with Crippen LogP contribution in [-0.4, -0.2) is 49.1 Å². The van der Waals surface area contributed by atoms with Gasteiger partial charge in [0.25, 0.3) is 0 Å². The molecule has 2 fully saturated rings. The van der Waals surface area contributed by atoms with Gasteiger partial charge in [-0.1, -0.05) is 0 Å². The molecule has 3 heteroatoms. The molecule has 70 valence electrons. The minimum Gasteiger partial charge on any atom is -0.314 e. The molecule has 0 spiro atoms. The maximum absolute atomic E-state index is 3.49. The van der Waals surface area contributed by atoms with Crippen LogP contribution in [0.3, 0.4) is 0 Å². The van der Waals surface area contributed by atoms with Gasteiger partial charge in [-0.2, -0.15) is 11.8 Å². The second-order valence-corrected chi connectivity index (χ2v) is 5.03. The summed E-state index contributed by atoms with van der Waals surface area (Å²) in [7, 11) is 2.27. The van der Waals surface area contributed by atoms with E-state index < -0.39 is 0 Å². The highest BCUT2D eigenvalue weighted by atomic mass is 32.2. The fraction of sp³-hybridized carbons (Fsp3) is 1.00. The van der Waals surface area contributed by atoms with Crippen molar-refractivity contribution in [2.24, 2.45) is 5.92 Å². The van der Waals surface area contributed by atoms with E-state index in [1.165, 1.54) is 37.6 Å². The van der Waals surface area contributed by atoms with E-state index in [-0.39, 0.29) is 0 Å². The van der Waals surface area contributed by atoms with Crippen LogP contribution in [0.15, 0.2) is 0 Å². The second-order valence-electron chi connectivity index (χ2n) is 3.88. The molecule has 0 aromatic carbocycles. The Bertz CT molecular complexity index is 145. The van der Waals surface area contributed by atoms with Crippen molar-refractivity contribution in [3.8, 4) is 0 Å². The first-order chi connectivity index (χ1) is 5.88. The number of likely N-dealkylation sites (N-methyl/N-ethyl adjacent to an activating group) is 1. The van der Waals surface area contributed by atoms with Crippen LogP contribution in [0.2, 0.25) is 0 Å². The van der Waals surface area contributed by atoms with E-state index in [1.807, 2.05) is 0 Å². The molecule has 2 nitrogen and oxygen atoms in total. The first kappa shape index (κ1) is 8.85. The van der Waals surface area contributed by atoms with Crippen molar-refractivity contribution in [2.45, 2.75) is 12.5 Å². The molecule has 0 bridgehead atoms. The molecule has 0 aromatic rings. The zero-order valence-corrected chi connectivity index (χ0v) is 8.57. The van der Waals surface area contributed by atoms with Crippen LogP contribution < -0.4 is 5.32 Å². The van der Waals surface area contributed by atoms with Gasteiger partial charge < -0.3 is 10.2 Å². The maximum Gasteiger partial charge on any atom is 0.0254 e. The fourth-order valence-electron chi connectivity index (χ4n) is 2.21. The monoisotopic (exact) mass is 186 g/mol. The lowest BCUT2D eigenvalue weighted by atomic mass is 9.96. The predicted molar refractivity (Wildman–Crippen MR) is 54.7 cm³/mol. The third-order valence-corrected chi connectivity index (χ3v) is 4.26. The molecule has 2 aliphatic rings. The number of piperazine rings is 1. The van der Waals surface area contributed by atoms with Gasteiger partial charge in [0.1, 0.15) is 0 Å². The average molecular weight is 186 g/mol. The number of nitrogens with zero attached hydrogens (tertiary/aromatic N) is 1. The van der Waals surface area contributed by atoms with E-state index in [9.17, 15) is 0 Å². The standard InChI is InChI=1S/C9H18N2S/c1-11-4-3-10-6-9(11)8-2-5-12-7-8/h8-10H,2-7H2,1H3. The van der Waals surface area contributed by atoms with E-state index in [1.54, 1.807) is 0 Å². The molecular weight excluding hydrogens is 168 g/mol. The van der Waals surface area contributed by atoms with Gasteiger partial charge in [0, 0.05) is 25.7 Å². The minimum absolute atomic E-state index is 0.814. The molecule has 2 rings (SSSR count). The Morgan fingerprint density at radius 1 is 1.50 bits per heavy atom. The van der Waals surface area contributed by atoms with Gasteiger partial charge in [-0.25, -0.2) is 0 Å². The zero-order chi connectivity index (χ0) is 8.39. The minimum atomic E-state index is 0.814. The molecule has 1 N–H and O–H groups in total. The Morgan fingerprint density at radius 3 is 3.08 bits per heavy atom. The average Bonchev–Trinajstić information content (AvgIpc) is 2.57. The van der Waals surface area contributed by atoms with Crippen LogP contribution in [0.4, 0.5) is 0 Å². The Morgan fingerprint density at radius 2 is 2.42 bits per heavy atom. The highest BCUT2D eigenvalue weighted by Crippen LogP contribution is 2.28. The van der Waals surface area contributed by atoms with Crippen LogP contribution in [0.25, 0.3) is 0 Å². The normalized spacial score (nSPS) is 38.8. The van der Waals surface area contributed by atoms with Crippen LogP contribution >= 0.6 is 11.8 Å². The largest absolute Gasteiger partial charge is 0.314 e. The topological polar surface area (TPSA) is 15.3 Å². The van der Waals surface area contributed by atoms with Gasteiger partial charge in [-0.3, -0.25) is 0 Å². The lowest BCUT2D eigenvalue weighted by Crippen LogP contribution is -2.52. The number of nitrogens with one attached hydrogen (secondary N) is 1. The highest BCUT2D eigenvalue weighted by Gasteiger charge is 2.29. The van der Waals surface area contributed by atoms with E-state index in [0.717, 1.165) is 12.0 Å². The summed E-state index contributed by atoms with van der Waals surface area (Å²) in [5, 5.41) is 3.49. The molecule has 0 amide bonds. The third kappa shape index (κ3) is 1.78. The third-order valence-electron chi connectivity index (χ3n) is 3.07. The number of hydrogen-bond donors (Lipinski definition) is 1. The summed E-state index contributed by atoms with van der Waals surface area (Å²) in [6, 6.07) is 0.814. The van der Waals surface area contributed by atoms with E-state index in [2.05, 4.69) is 29.0 Å². The predicted octanol–water partition coefficient (Wildman–Crippen LogP) is 0.643. The lowest BCUT2D eigenvalue weighted by molar-refractivity contribution is 0.152. The Kier molecular flexibility index (Phi) is 2.94. The van der Waals surface area contributed by atoms with Crippen molar-refractivity contribution < 1.29 is 0 Å². The number of hydrogen-bond acceptors (Lipinski definition) is 3. The number of rotatable bonds is 1. The van der Waals surface area contributed by atoms with E-state index in [0.29, 0.717) is 0 Å². The summed E-state index contributed by atoms with van der Waals surface area (Å²) >= 11 is 2.12. The van der Waals surface area contributed by atoms with Crippen molar-refractivity contribution in [1.29, 1.82) is 0 Å². The first-order valence-electron chi connectivity index (χ1n) is 4.86. The van der Waals surface area contributed by atoms with Crippen LogP contribution in [-0.2, 0) is 0 Å². The van der Waals surface area contributed by atoms with Gasteiger partial charge in [0.2, 0.25) is 0 Å². The van der Waals surface area contributed by atoms with Gasteiger partial charge in [0.05, 0.1) is 0 Å². The molecule has 2 heterocycles. The molecule has 0 radical (unpaired) electrons. The maximum atomic E-state index is 3.49. The van der Waals surface area contributed by atoms with Crippen LogP contribution in [0.1, 0.15) is 6.42 Å². The summed E-state index contributed by atoms with van der Waals surface area (Å²) in [6.45, 7) is 3.61. The Hall–Kier alpha value is 0.270. The van der Waals surface area contributed by atoms with Gasteiger partial charge in [-0.05, 0) is 30.9 Å². The summed E-state index contributed by atoms with van der Waals surface area (Å²) in [5.41, 5.74) is 0. The fourth-order valence-corrected chi connectivity index (χ4v) is 3.54. The van der Waals surface area contributed by atoms with Crippen molar-refractivity contribution in [3.63, 3.8) is 0 Å². The molecule has 2 atom stereocenters. The van der Waals surface area contributed by atoms with Crippen LogP contribution in [0, 0.1) is 5.92 Å². The highest BCUT2D eigenvalue weighted by molar-refractivity contribution is 7.99. The SMILES string of the molecule is CN1CCNCC1C1CCSC1. The van der Waals surface area contributed by atoms with Gasteiger partial charge in [-0.15, -0.1) is 0 Å². The zero-order valence-electron chi connectivity index (χ0n) is 7.75. The molecule has 12 heavy (non-hydrogen) atoms. The molecule has 0 saturated carbocycles. The van der Waals surface area contributed by atoms with E-state index >= 15 is 0 Å². The molecule has 2 unspecified atom stereocenters. The summed E-state index contributed by atoms with van der Waals surface area (Å²) < 4.78 is 0. The summed E-state index contributed by atoms with van der Waals surface area (Å²) in [5.74, 6) is 3.72. The molecular formula is C9H18N2S. The second kappa shape index (κ2) is 3.99. The van der Waals surface area contributed by atoms with Crippen molar-refractivity contribution in [3.05, 3.63) is 0 Å². The smallest absolute Gasteiger partial charge is 0.0254 e. The van der Waals surface area contributed by atoms with Crippen molar-refractivity contribution >= 4 is 11.8 Å². The first-order valence-corrected chi connectivity index (χ1v) is 6.02. The van der Waals surface area contributed by atoms with Gasteiger partial charge >= 0.3 is 0 Å². The van der Waals surface area contributed by atoms with Crippen LogP contribution in [0.5, 0.6) is 0 Å². The molecule has 2 saturated heterocycles. The molecule has 2 aliphatic heterocycles. The van der Waals surface area contributed by atoms with Crippen molar-refractivity contribution in [1.82, 2.24) is 10.2 Å². The Balaban J connectivity index is 1.91. The summed E-state index contributed by atoms with van der Waals surface area (Å²) in [6.07, 6.45) is 1.43. The molecule has 0 aliphatic carbocycles.